The van der Waals surface area contributed by atoms with Gasteiger partial charge in [-0.05, 0) is 48.7 Å². The highest BCUT2D eigenvalue weighted by molar-refractivity contribution is 7.89. The monoisotopic (exact) mass is 472 g/mol. The number of halogens is 1. The number of amides is 1. The van der Waals surface area contributed by atoms with Gasteiger partial charge in [-0.15, -0.1) is 0 Å². The Morgan fingerprint density at radius 1 is 1.19 bits per heavy atom. The van der Waals surface area contributed by atoms with E-state index in [1.807, 2.05) is 29.2 Å². The molecule has 168 valence electrons. The summed E-state index contributed by atoms with van der Waals surface area (Å²) in [6.45, 7) is 2.40. The lowest BCUT2D eigenvalue weighted by atomic mass is 10.1. The minimum absolute atomic E-state index is 0.0573. The number of hydrogen-bond acceptors (Lipinski definition) is 5. The Bertz CT molecular complexity index is 1120. The average Bonchev–Trinajstić information content (AvgIpc) is 3.22. The van der Waals surface area contributed by atoms with E-state index in [1.54, 1.807) is 12.1 Å². The van der Waals surface area contributed by atoms with Gasteiger partial charge >= 0.3 is 0 Å². The van der Waals surface area contributed by atoms with E-state index in [1.165, 1.54) is 16.4 Å². The maximum Gasteiger partial charge on any atom is 0.254 e. The fraction of sp³-hybridized carbons (Fsp3) is 0.391. The lowest BCUT2D eigenvalue weighted by molar-refractivity contribution is 0.0735. The highest BCUT2D eigenvalue weighted by atomic mass is 35.5. The summed E-state index contributed by atoms with van der Waals surface area (Å²) in [6, 6.07) is 16.0. The molecule has 0 unspecified atom stereocenters. The van der Waals surface area contributed by atoms with Gasteiger partial charge in [0.05, 0.1) is 16.9 Å². The van der Waals surface area contributed by atoms with Gasteiger partial charge in [-0.1, -0.05) is 29.8 Å². The first-order valence-corrected chi connectivity index (χ1v) is 12.5. The topological polar surface area (TPSA) is 93.5 Å². The van der Waals surface area contributed by atoms with Crippen LogP contribution in [0.4, 0.5) is 0 Å². The molecule has 1 amide bonds. The lowest BCUT2D eigenvalue weighted by Crippen LogP contribution is -2.49. The molecule has 0 spiro atoms. The van der Waals surface area contributed by atoms with Gasteiger partial charge in [-0.3, -0.25) is 4.79 Å². The van der Waals surface area contributed by atoms with Crippen LogP contribution in [0.3, 0.4) is 0 Å². The lowest BCUT2D eigenvalue weighted by Gasteiger charge is -2.34. The van der Waals surface area contributed by atoms with E-state index in [4.69, 9.17) is 16.9 Å². The number of nitrogens with one attached hydrogen (secondary N) is 1. The molecule has 0 aliphatic carbocycles. The van der Waals surface area contributed by atoms with Crippen molar-refractivity contribution in [2.75, 3.05) is 26.2 Å². The van der Waals surface area contributed by atoms with Crippen LogP contribution in [-0.4, -0.2) is 55.8 Å². The Labute approximate surface area is 193 Å². The first-order chi connectivity index (χ1) is 15.4. The molecule has 0 bridgehead atoms. The molecule has 1 N–H and O–H groups in total. The predicted molar refractivity (Wildman–Crippen MR) is 122 cm³/mol. The van der Waals surface area contributed by atoms with Crippen molar-refractivity contribution in [2.45, 2.75) is 30.3 Å². The summed E-state index contributed by atoms with van der Waals surface area (Å²) in [5, 5.41) is 13.0. The quantitative estimate of drug-likeness (QED) is 0.668. The van der Waals surface area contributed by atoms with Gasteiger partial charge in [0.1, 0.15) is 0 Å². The molecule has 9 heteroatoms. The number of hydrogen-bond donors (Lipinski definition) is 1. The van der Waals surface area contributed by atoms with Crippen LogP contribution in [0.15, 0.2) is 53.4 Å². The summed E-state index contributed by atoms with van der Waals surface area (Å²) in [6.07, 6.45) is 1.82. The Morgan fingerprint density at radius 3 is 2.66 bits per heavy atom. The zero-order valence-corrected chi connectivity index (χ0v) is 19.1. The number of nitrogens with zero attached hydrogens (tertiary/aromatic N) is 3. The first kappa shape index (κ1) is 22.7. The Kier molecular flexibility index (Phi) is 6.82. The fourth-order valence-electron chi connectivity index (χ4n) is 4.12. The van der Waals surface area contributed by atoms with Crippen LogP contribution in [0.25, 0.3) is 0 Å². The molecule has 2 heterocycles. The molecular formula is C23H25ClN4O3S. The molecule has 0 radical (unpaired) electrons. The highest BCUT2D eigenvalue weighted by Crippen LogP contribution is 2.26. The molecule has 2 saturated heterocycles. The zero-order valence-electron chi connectivity index (χ0n) is 17.6. The van der Waals surface area contributed by atoms with Crippen LogP contribution in [-0.2, 0) is 16.6 Å². The molecule has 2 aliphatic heterocycles. The van der Waals surface area contributed by atoms with E-state index < -0.39 is 10.0 Å². The molecule has 7 nitrogen and oxygen atoms in total. The normalized spacial score (nSPS) is 19.5. The number of likely N-dealkylation sites (tertiary alicyclic amines) is 1. The molecule has 2 fully saturated rings. The van der Waals surface area contributed by atoms with Crippen LogP contribution in [0.2, 0.25) is 5.02 Å². The van der Waals surface area contributed by atoms with Crippen molar-refractivity contribution < 1.29 is 13.2 Å². The predicted octanol–water partition coefficient (Wildman–Crippen LogP) is 2.88. The number of carbonyl (C=O) groups is 1. The number of benzene rings is 2. The van der Waals surface area contributed by atoms with Crippen molar-refractivity contribution >= 4 is 27.5 Å². The van der Waals surface area contributed by atoms with Gasteiger partial charge < -0.3 is 10.2 Å². The number of nitriles is 1. The summed E-state index contributed by atoms with van der Waals surface area (Å²) in [5.41, 5.74) is 1.49. The fourth-order valence-corrected chi connectivity index (χ4v) is 5.82. The van der Waals surface area contributed by atoms with Gasteiger partial charge in [0, 0.05) is 49.4 Å². The van der Waals surface area contributed by atoms with E-state index >= 15 is 0 Å². The third-order valence-electron chi connectivity index (χ3n) is 6.01. The number of sulfonamides is 1. The van der Waals surface area contributed by atoms with Gasteiger partial charge in [0.15, 0.2) is 0 Å². The molecule has 2 aromatic rings. The largest absolute Gasteiger partial charge is 0.334 e. The van der Waals surface area contributed by atoms with Crippen molar-refractivity contribution in [1.29, 1.82) is 5.26 Å². The molecule has 2 aliphatic rings. The van der Waals surface area contributed by atoms with Crippen LogP contribution >= 0.6 is 11.6 Å². The van der Waals surface area contributed by atoms with Crippen molar-refractivity contribution in [1.82, 2.24) is 14.5 Å². The Morgan fingerprint density at radius 2 is 1.94 bits per heavy atom. The first-order valence-electron chi connectivity index (χ1n) is 10.6. The zero-order chi connectivity index (χ0) is 22.7. The van der Waals surface area contributed by atoms with Crippen molar-refractivity contribution in [2.24, 2.45) is 5.92 Å². The van der Waals surface area contributed by atoms with Crippen LogP contribution < -0.4 is 5.32 Å². The third kappa shape index (κ3) is 4.81. The molecule has 0 aromatic heterocycles. The smallest absolute Gasteiger partial charge is 0.254 e. The minimum Gasteiger partial charge on any atom is -0.334 e. The van der Waals surface area contributed by atoms with Crippen molar-refractivity contribution in [3.63, 3.8) is 0 Å². The van der Waals surface area contributed by atoms with E-state index in [0.717, 1.165) is 18.4 Å². The molecule has 32 heavy (non-hydrogen) atoms. The molecule has 2 aromatic carbocycles. The number of carbonyl (C=O) groups excluding carboxylic acids is 1. The second-order valence-electron chi connectivity index (χ2n) is 8.23. The van der Waals surface area contributed by atoms with Crippen LogP contribution in [0, 0.1) is 17.2 Å². The summed E-state index contributed by atoms with van der Waals surface area (Å²) in [7, 11) is -3.70. The van der Waals surface area contributed by atoms with E-state index in [-0.39, 0.29) is 35.9 Å². The summed E-state index contributed by atoms with van der Waals surface area (Å²) >= 11 is 5.92. The van der Waals surface area contributed by atoms with Gasteiger partial charge in [0.25, 0.3) is 5.91 Å². The Balaban J connectivity index is 1.40. The van der Waals surface area contributed by atoms with Crippen molar-refractivity contribution in [3.8, 4) is 6.07 Å². The number of rotatable bonds is 7. The highest BCUT2D eigenvalue weighted by Gasteiger charge is 2.37. The standard InChI is InChI=1S/C23H25ClN4O3S/c24-20-8-6-17(7-9-20)13-26-14-21-4-2-10-28(21)23(29)19-3-1-5-22(11-19)32(30,31)27-15-18(12-25)16-27/h1,3,5-9,11,18,21,26H,2,4,10,13-16H2/t21-/m1/s1. The van der Waals surface area contributed by atoms with Gasteiger partial charge in [0.2, 0.25) is 10.0 Å². The van der Waals surface area contributed by atoms with Gasteiger partial charge in [-0.25, -0.2) is 8.42 Å². The molecular weight excluding hydrogens is 448 g/mol. The molecule has 4 rings (SSSR count). The second-order valence-corrected chi connectivity index (χ2v) is 10.6. The SMILES string of the molecule is N#CC1CN(S(=O)(=O)c2cccc(C(=O)N3CCC[C@@H]3CNCc3ccc(Cl)cc3)c2)C1. The average molecular weight is 473 g/mol. The van der Waals surface area contributed by atoms with Crippen molar-refractivity contribution in [3.05, 3.63) is 64.7 Å². The summed E-state index contributed by atoms with van der Waals surface area (Å²) in [5.74, 6) is -0.420. The van der Waals surface area contributed by atoms with Crippen LogP contribution in [0.1, 0.15) is 28.8 Å². The van der Waals surface area contributed by atoms with E-state index in [0.29, 0.717) is 30.2 Å². The molecule has 1 atom stereocenters. The Hall–Kier alpha value is -2.44. The second kappa shape index (κ2) is 9.59. The maximum absolute atomic E-state index is 13.2. The third-order valence-corrected chi connectivity index (χ3v) is 8.09. The van der Waals surface area contributed by atoms with Crippen LogP contribution in [0.5, 0.6) is 0 Å². The van der Waals surface area contributed by atoms with E-state index in [2.05, 4.69) is 11.4 Å². The van der Waals surface area contributed by atoms with E-state index in [9.17, 15) is 13.2 Å². The molecule has 0 saturated carbocycles. The van der Waals surface area contributed by atoms with Gasteiger partial charge in [-0.2, -0.15) is 9.57 Å². The summed E-state index contributed by atoms with van der Waals surface area (Å²) < 4.78 is 26.9. The minimum atomic E-state index is -3.70. The summed E-state index contributed by atoms with van der Waals surface area (Å²) in [4.78, 5) is 15.1. The maximum atomic E-state index is 13.2.